The zero-order valence-corrected chi connectivity index (χ0v) is 15.6. The molecular formula is C19H32N4O. The second kappa shape index (κ2) is 9.52. The number of aliphatic imine (C=N–C) groups is 1. The third kappa shape index (κ3) is 5.41. The van der Waals surface area contributed by atoms with Crippen LogP contribution in [0.2, 0.25) is 0 Å². The standard InChI is InChI=1S/C19H32N4O/c1-5-23-11-9-16(14-23)13-22-19(20-3)21-10-8-17-12-15(2)6-7-18(17)24-4/h6-7,12,16H,5,8-11,13-14H2,1-4H3,(H2,20,21,22). The number of aryl methyl sites for hydroxylation is 1. The maximum absolute atomic E-state index is 5.44. The summed E-state index contributed by atoms with van der Waals surface area (Å²) in [4.78, 5) is 6.84. The van der Waals surface area contributed by atoms with Gasteiger partial charge in [-0.05, 0) is 50.4 Å². The number of rotatable bonds is 7. The normalized spacial score (nSPS) is 18.7. The van der Waals surface area contributed by atoms with Gasteiger partial charge in [0.25, 0.3) is 0 Å². The average molecular weight is 332 g/mol. The van der Waals surface area contributed by atoms with Crippen LogP contribution in [0.3, 0.4) is 0 Å². The predicted octanol–water partition coefficient (Wildman–Crippen LogP) is 2.05. The highest BCUT2D eigenvalue weighted by molar-refractivity contribution is 5.79. The summed E-state index contributed by atoms with van der Waals surface area (Å²) in [6.07, 6.45) is 2.19. The number of nitrogens with one attached hydrogen (secondary N) is 2. The highest BCUT2D eigenvalue weighted by Gasteiger charge is 2.20. The lowest BCUT2D eigenvalue weighted by Crippen LogP contribution is -2.41. The van der Waals surface area contributed by atoms with Crippen LogP contribution in [0.1, 0.15) is 24.5 Å². The van der Waals surface area contributed by atoms with Crippen molar-refractivity contribution in [3.63, 3.8) is 0 Å². The number of nitrogens with zero attached hydrogens (tertiary/aromatic N) is 2. The molecule has 5 nitrogen and oxygen atoms in total. The Kier molecular flexibility index (Phi) is 7.37. The molecule has 1 aromatic carbocycles. The van der Waals surface area contributed by atoms with Crippen LogP contribution >= 0.6 is 0 Å². The van der Waals surface area contributed by atoms with Gasteiger partial charge in [-0.2, -0.15) is 0 Å². The minimum absolute atomic E-state index is 0.723. The monoisotopic (exact) mass is 332 g/mol. The van der Waals surface area contributed by atoms with E-state index in [1.807, 2.05) is 13.1 Å². The molecule has 2 N–H and O–H groups in total. The number of methoxy groups -OCH3 is 1. The van der Waals surface area contributed by atoms with E-state index in [4.69, 9.17) is 4.74 Å². The fourth-order valence-corrected chi connectivity index (χ4v) is 3.25. The van der Waals surface area contributed by atoms with Crippen molar-refractivity contribution >= 4 is 5.96 Å². The molecule has 134 valence electrons. The molecule has 1 aromatic rings. The van der Waals surface area contributed by atoms with Gasteiger partial charge in [0, 0.05) is 26.7 Å². The molecule has 2 rings (SSSR count). The van der Waals surface area contributed by atoms with Gasteiger partial charge in [-0.3, -0.25) is 4.99 Å². The van der Waals surface area contributed by atoms with Crippen LogP contribution in [-0.4, -0.2) is 57.7 Å². The van der Waals surface area contributed by atoms with Gasteiger partial charge in [0.2, 0.25) is 0 Å². The number of hydrogen-bond donors (Lipinski definition) is 2. The Morgan fingerprint density at radius 2 is 2.21 bits per heavy atom. The Hall–Kier alpha value is -1.75. The highest BCUT2D eigenvalue weighted by Crippen LogP contribution is 2.19. The van der Waals surface area contributed by atoms with Crippen molar-refractivity contribution in [3.8, 4) is 5.75 Å². The first-order valence-corrected chi connectivity index (χ1v) is 8.96. The van der Waals surface area contributed by atoms with Gasteiger partial charge >= 0.3 is 0 Å². The summed E-state index contributed by atoms with van der Waals surface area (Å²) in [6.45, 7) is 9.74. The van der Waals surface area contributed by atoms with Crippen molar-refractivity contribution < 1.29 is 4.74 Å². The molecule has 1 fully saturated rings. The molecule has 5 heteroatoms. The first kappa shape index (κ1) is 18.6. The minimum atomic E-state index is 0.723. The molecule has 0 amide bonds. The lowest BCUT2D eigenvalue weighted by atomic mass is 10.1. The molecule has 1 heterocycles. The van der Waals surface area contributed by atoms with E-state index in [2.05, 4.69) is 46.5 Å². The zero-order chi connectivity index (χ0) is 17.4. The van der Waals surface area contributed by atoms with Gasteiger partial charge in [0.1, 0.15) is 5.75 Å². The maximum Gasteiger partial charge on any atom is 0.190 e. The van der Waals surface area contributed by atoms with Crippen molar-refractivity contribution in [2.24, 2.45) is 10.9 Å². The Bertz CT molecular complexity index is 544. The summed E-state index contributed by atoms with van der Waals surface area (Å²) in [7, 11) is 3.55. The molecule has 0 aromatic heterocycles. The topological polar surface area (TPSA) is 48.9 Å². The maximum atomic E-state index is 5.44. The van der Waals surface area contributed by atoms with E-state index >= 15 is 0 Å². The Balaban J connectivity index is 1.75. The lowest BCUT2D eigenvalue weighted by Gasteiger charge is -2.17. The number of hydrogen-bond acceptors (Lipinski definition) is 3. The molecular weight excluding hydrogens is 300 g/mol. The zero-order valence-electron chi connectivity index (χ0n) is 15.6. The Morgan fingerprint density at radius 1 is 1.38 bits per heavy atom. The number of benzene rings is 1. The van der Waals surface area contributed by atoms with Crippen molar-refractivity contribution in [2.45, 2.75) is 26.7 Å². The molecule has 0 aliphatic carbocycles. The lowest BCUT2D eigenvalue weighted by molar-refractivity contribution is 0.342. The molecule has 0 spiro atoms. The molecule has 1 saturated heterocycles. The summed E-state index contributed by atoms with van der Waals surface area (Å²) in [5, 5.41) is 6.87. The molecule has 24 heavy (non-hydrogen) atoms. The Morgan fingerprint density at radius 3 is 2.88 bits per heavy atom. The van der Waals surface area contributed by atoms with Crippen LogP contribution in [0.4, 0.5) is 0 Å². The van der Waals surface area contributed by atoms with Gasteiger partial charge in [-0.15, -0.1) is 0 Å². The predicted molar refractivity (Wildman–Crippen MR) is 101 cm³/mol. The summed E-state index contributed by atoms with van der Waals surface area (Å²) in [5.74, 6) is 2.56. The number of ether oxygens (including phenoxy) is 1. The molecule has 1 atom stereocenters. The fraction of sp³-hybridized carbons (Fsp3) is 0.632. The summed E-state index contributed by atoms with van der Waals surface area (Å²) < 4.78 is 5.44. The van der Waals surface area contributed by atoms with Gasteiger partial charge in [0.05, 0.1) is 7.11 Å². The second-order valence-electron chi connectivity index (χ2n) is 6.49. The molecule has 1 aliphatic rings. The third-order valence-electron chi connectivity index (χ3n) is 4.72. The SMILES string of the molecule is CCN1CCC(CNC(=NC)NCCc2cc(C)ccc2OC)C1. The quantitative estimate of drug-likeness (QED) is 0.593. The summed E-state index contributed by atoms with van der Waals surface area (Å²) in [6, 6.07) is 6.31. The molecule has 1 aliphatic heterocycles. The van der Waals surface area contributed by atoms with Crippen molar-refractivity contribution in [1.82, 2.24) is 15.5 Å². The van der Waals surface area contributed by atoms with Gasteiger partial charge in [-0.25, -0.2) is 0 Å². The van der Waals surface area contributed by atoms with Crippen LogP contribution in [-0.2, 0) is 6.42 Å². The third-order valence-corrected chi connectivity index (χ3v) is 4.72. The summed E-state index contributed by atoms with van der Waals surface area (Å²) >= 11 is 0. The van der Waals surface area contributed by atoms with Gasteiger partial charge in [0.15, 0.2) is 5.96 Å². The molecule has 0 bridgehead atoms. The van der Waals surface area contributed by atoms with E-state index in [1.54, 1.807) is 7.11 Å². The summed E-state index contributed by atoms with van der Waals surface area (Å²) in [5.41, 5.74) is 2.49. The van der Waals surface area contributed by atoms with Crippen LogP contribution in [0.5, 0.6) is 5.75 Å². The first-order chi connectivity index (χ1) is 11.7. The van der Waals surface area contributed by atoms with E-state index in [0.717, 1.165) is 43.7 Å². The average Bonchev–Trinajstić information content (AvgIpc) is 3.06. The van der Waals surface area contributed by atoms with Crippen LogP contribution < -0.4 is 15.4 Å². The Labute approximate surface area is 146 Å². The molecule has 0 radical (unpaired) electrons. The van der Waals surface area contributed by atoms with Crippen LogP contribution in [0.15, 0.2) is 23.2 Å². The smallest absolute Gasteiger partial charge is 0.190 e. The highest BCUT2D eigenvalue weighted by atomic mass is 16.5. The van der Waals surface area contributed by atoms with Crippen molar-refractivity contribution in [3.05, 3.63) is 29.3 Å². The van der Waals surface area contributed by atoms with Crippen LogP contribution in [0, 0.1) is 12.8 Å². The van der Waals surface area contributed by atoms with Gasteiger partial charge in [-0.1, -0.05) is 24.6 Å². The van der Waals surface area contributed by atoms with Gasteiger partial charge < -0.3 is 20.3 Å². The van der Waals surface area contributed by atoms with E-state index < -0.39 is 0 Å². The van der Waals surface area contributed by atoms with E-state index in [9.17, 15) is 0 Å². The van der Waals surface area contributed by atoms with E-state index in [0.29, 0.717) is 0 Å². The molecule has 1 unspecified atom stereocenters. The first-order valence-electron chi connectivity index (χ1n) is 8.96. The van der Waals surface area contributed by atoms with E-state index in [-0.39, 0.29) is 0 Å². The van der Waals surface area contributed by atoms with Crippen LogP contribution in [0.25, 0.3) is 0 Å². The van der Waals surface area contributed by atoms with Crippen molar-refractivity contribution in [1.29, 1.82) is 0 Å². The number of likely N-dealkylation sites (tertiary alicyclic amines) is 1. The van der Waals surface area contributed by atoms with E-state index in [1.165, 1.54) is 30.6 Å². The van der Waals surface area contributed by atoms with Crippen molar-refractivity contribution in [2.75, 3.05) is 46.9 Å². The number of guanidine groups is 1. The fourth-order valence-electron chi connectivity index (χ4n) is 3.25. The minimum Gasteiger partial charge on any atom is -0.496 e. The molecule has 0 saturated carbocycles. The largest absolute Gasteiger partial charge is 0.496 e. The second-order valence-corrected chi connectivity index (χ2v) is 6.49.